The van der Waals surface area contributed by atoms with E-state index >= 15 is 0 Å². The second-order valence-corrected chi connectivity index (χ2v) is 8.18. The highest BCUT2D eigenvalue weighted by molar-refractivity contribution is 6.43. The van der Waals surface area contributed by atoms with Crippen molar-refractivity contribution in [3.05, 3.63) is 63.9 Å². The van der Waals surface area contributed by atoms with Crippen LogP contribution in [0, 0.1) is 0 Å². The van der Waals surface area contributed by atoms with Crippen LogP contribution in [-0.2, 0) is 11.3 Å². The molecule has 4 rings (SSSR count). The van der Waals surface area contributed by atoms with Gasteiger partial charge in [-0.3, -0.25) is 9.69 Å². The van der Waals surface area contributed by atoms with Crippen molar-refractivity contribution in [1.82, 2.24) is 14.5 Å². The van der Waals surface area contributed by atoms with Gasteiger partial charge in [0.2, 0.25) is 0 Å². The van der Waals surface area contributed by atoms with Crippen molar-refractivity contribution in [3.8, 4) is 0 Å². The number of pyridine rings is 1. The van der Waals surface area contributed by atoms with Crippen molar-refractivity contribution in [2.45, 2.75) is 13.0 Å². The van der Waals surface area contributed by atoms with Crippen LogP contribution >= 0.6 is 23.2 Å². The molecule has 0 amide bonds. The van der Waals surface area contributed by atoms with Gasteiger partial charge in [-0.1, -0.05) is 29.3 Å². The van der Waals surface area contributed by atoms with Crippen molar-refractivity contribution in [1.29, 1.82) is 0 Å². The lowest BCUT2D eigenvalue weighted by atomic mass is 10.2. The zero-order valence-corrected chi connectivity index (χ0v) is 18.1. The van der Waals surface area contributed by atoms with Gasteiger partial charge < -0.3 is 9.64 Å². The minimum Gasteiger partial charge on any atom is -0.377 e. The highest BCUT2D eigenvalue weighted by atomic mass is 35.5. The average Bonchev–Trinajstić information content (AvgIpc) is 3.18. The molecule has 1 aliphatic heterocycles. The van der Waals surface area contributed by atoms with Gasteiger partial charge in [0.05, 0.1) is 39.6 Å². The summed E-state index contributed by atoms with van der Waals surface area (Å²) < 4.78 is 7.54. The molecule has 6 nitrogen and oxygen atoms in total. The molecule has 3 heterocycles. The molecule has 0 radical (unpaired) electrons. The van der Waals surface area contributed by atoms with Gasteiger partial charge in [-0.05, 0) is 36.2 Å². The number of fused-ring (bicyclic) bond motifs is 1. The molecule has 1 fully saturated rings. The lowest BCUT2D eigenvalue weighted by Crippen LogP contribution is -2.46. The highest BCUT2D eigenvalue weighted by Crippen LogP contribution is 2.32. The fraction of sp³-hybridized carbons (Fsp3) is 0.364. The summed E-state index contributed by atoms with van der Waals surface area (Å²) in [4.78, 5) is 15.8. The smallest absolute Gasteiger partial charge is 0.153 e. The molecule has 0 N–H and O–H groups in total. The van der Waals surface area contributed by atoms with Gasteiger partial charge in [-0.25, -0.2) is 4.52 Å². The third kappa shape index (κ3) is 4.78. The molecular formula is C22H24Cl2N4O2. The molecule has 0 atom stereocenters. The van der Waals surface area contributed by atoms with Crippen LogP contribution < -0.4 is 4.90 Å². The summed E-state index contributed by atoms with van der Waals surface area (Å²) in [6, 6.07) is 9.71. The van der Waals surface area contributed by atoms with Gasteiger partial charge in [0.25, 0.3) is 0 Å². The Labute approximate surface area is 185 Å². The van der Waals surface area contributed by atoms with Crippen LogP contribution in [0.2, 0.25) is 10.0 Å². The predicted molar refractivity (Wildman–Crippen MR) is 120 cm³/mol. The second kappa shape index (κ2) is 9.79. The summed E-state index contributed by atoms with van der Waals surface area (Å²) >= 11 is 12.5. The number of carbonyl (C=O) groups is 1. The number of anilines is 1. The van der Waals surface area contributed by atoms with E-state index in [0.717, 1.165) is 62.2 Å². The molecule has 8 heteroatoms. The first-order valence-electron chi connectivity index (χ1n) is 10.1. The summed E-state index contributed by atoms with van der Waals surface area (Å²) in [5.74, 6) is 0. The van der Waals surface area contributed by atoms with Crippen LogP contribution in [-0.4, -0.2) is 60.1 Å². The molecule has 1 aliphatic rings. The highest BCUT2D eigenvalue weighted by Gasteiger charge is 2.19. The van der Waals surface area contributed by atoms with Crippen LogP contribution in [0.1, 0.15) is 22.3 Å². The van der Waals surface area contributed by atoms with E-state index in [1.807, 2.05) is 36.5 Å². The predicted octanol–water partition coefficient (Wildman–Crippen LogP) is 4.18. The first kappa shape index (κ1) is 21.1. The number of benzene rings is 1. The number of piperazine rings is 1. The topological polar surface area (TPSA) is 50.1 Å². The fourth-order valence-electron chi connectivity index (χ4n) is 3.75. The molecule has 1 aromatic carbocycles. The Balaban J connectivity index is 1.18. The largest absolute Gasteiger partial charge is 0.377 e. The standard InChI is InChI=1S/C22H24Cl2N4O2/c23-19-3-1-4-20(22(19)24)27-10-8-26(9-11-27)6-2-12-30-16-17-5-7-28-21(13-17)18(15-29)14-25-28/h1,3-5,7,13-15H,2,6,8-12,16H2. The van der Waals surface area contributed by atoms with E-state index in [1.54, 1.807) is 10.7 Å². The molecule has 3 aromatic rings. The summed E-state index contributed by atoms with van der Waals surface area (Å²) in [5.41, 5.74) is 3.46. The lowest BCUT2D eigenvalue weighted by molar-refractivity contribution is 0.107. The summed E-state index contributed by atoms with van der Waals surface area (Å²) in [5, 5.41) is 5.38. The quantitative estimate of drug-likeness (QED) is 0.383. The monoisotopic (exact) mass is 446 g/mol. The average molecular weight is 447 g/mol. The van der Waals surface area contributed by atoms with E-state index in [4.69, 9.17) is 27.9 Å². The van der Waals surface area contributed by atoms with Crippen LogP contribution in [0.15, 0.2) is 42.7 Å². The number of nitrogens with zero attached hydrogens (tertiary/aromatic N) is 4. The van der Waals surface area contributed by atoms with Crippen molar-refractivity contribution in [2.24, 2.45) is 0 Å². The normalized spacial score (nSPS) is 15.1. The molecule has 1 saturated heterocycles. The zero-order valence-electron chi connectivity index (χ0n) is 16.6. The Morgan fingerprint density at radius 2 is 1.97 bits per heavy atom. The van der Waals surface area contributed by atoms with Crippen LogP contribution in [0.25, 0.3) is 5.52 Å². The van der Waals surface area contributed by atoms with Crippen LogP contribution in [0.5, 0.6) is 0 Å². The third-order valence-electron chi connectivity index (χ3n) is 5.42. The Hall–Kier alpha value is -2.12. The summed E-state index contributed by atoms with van der Waals surface area (Å²) in [6.07, 6.45) is 5.24. The lowest BCUT2D eigenvalue weighted by Gasteiger charge is -2.36. The number of aromatic nitrogens is 2. The van der Waals surface area contributed by atoms with E-state index in [0.29, 0.717) is 28.8 Å². The van der Waals surface area contributed by atoms with E-state index in [-0.39, 0.29) is 0 Å². The maximum absolute atomic E-state index is 11.1. The van der Waals surface area contributed by atoms with Gasteiger partial charge in [-0.2, -0.15) is 5.10 Å². The Morgan fingerprint density at radius 1 is 1.13 bits per heavy atom. The molecular weight excluding hydrogens is 423 g/mol. The number of hydrogen-bond acceptors (Lipinski definition) is 5. The molecule has 0 bridgehead atoms. The van der Waals surface area contributed by atoms with Crippen molar-refractivity contribution >= 4 is 40.7 Å². The van der Waals surface area contributed by atoms with E-state index in [9.17, 15) is 4.79 Å². The minimum atomic E-state index is 0.529. The van der Waals surface area contributed by atoms with Gasteiger partial charge in [0, 0.05) is 45.5 Å². The Kier molecular flexibility index (Phi) is 6.89. The maximum Gasteiger partial charge on any atom is 0.153 e. The van der Waals surface area contributed by atoms with Gasteiger partial charge in [-0.15, -0.1) is 0 Å². The van der Waals surface area contributed by atoms with Gasteiger partial charge in [0.1, 0.15) is 0 Å². The third-order valence-corrected chi connectivity index (χ3v) is 6.23. The van der Waals surface area contributed by atoms with E-state index < -0.39 is 0 Å². The first-order valence-corrected chi connectivity index (χ1v) is 10.8. The minimum absolute atomic E-state index is 0.529. The summed E-state index contributed by atoms with van der Waals surface area (Å²) in [7, 11) is 0. The van der Waals surface area contributed by atoms with Gasteiger partial charge in [0.15, 0.2) is 6.29 Å². The van der Waals surface area contributed by atoms with Crippen molar-refractivity contribution in [3.63, 3.8) is 0 Å². The van der Waals surface area contributed by atoms with Crippen molar-refractivity contribution < 1.29 is 9.53 Å². The molecule has 158 valence electrons. The number of ether oxygens (including phenoxy) is 1. The molecule has 0 unspecified atom stereocenters. The maximum atomic E-state index is 11.1. The number of carbonyl (C=O) groups excluding carboxylic acids is 1. The van der Waals surface area contributed by atoms with Crippen LogP contribution in [0.3, 0.4) is 0 Å². The number of hydrogen-bond donors (Lipinski definition) is 0. The molecule has 0 aliphatic carbocycles. The van der Waals surface area contributed by atoms with Crippen molar-refractivity contribution in [2.75, 3.05) is 44.2 Å². The number of halogens is 2. The summed E-state index contributed by atoms with van der Waals surface area (Å²) in [6.45, 7) is 6.10. The van der Waals surface area contributed by atoms with E-state index in [2.05, 4.69) is 14.9 Å². The number of aldehydes is 1. The Bertz CT molecular complexity index is 1020. The molecule has 2 aromatic heterocycles. The van der Waals surface area contributed by atoms with E-state index in [1.165, 1.54) is 0 Å². The van der Waals surface area contributed by atoms with Gasteiger partial charge >= 0.3 is 0 Å². The van der Waals surface area contributed by atoms with Crippen LogP contribution in [0.4, 0.5) is 5.69 Å². The molecule has 0 saturated carbocycles. The molecule has 30 heavy (non-hydrogen) atoms. The SMILES string of the molecule is O=Cc1cnn2ccc(COCCCN3CCN(c4cccc(Cl)c4Cl)CC3)cc12. The molecule has 0 spiro atoms. The fourth-order valence-corrected chi connectivity index (χ4v) is 4.17. The first-order chi connectivity index (χ1) is 14.7. The number of rotatable bonds is 8. The zero-order chi connectivity index (χ0) is 20.9. The Morgan fingerprint density at radius 3 is 2.77 bits per heavy atom. The second-order valence-electron chi connectivity index (χ2n) is 7.39.